The average molecular weight is 167 g/mol. The van der Waals surface area contributed by atoms with Crippen LogP contribution in [0.25, 0.3) is 0 Å². The van der Waals surface area contributed by atoms with Crippen LogP contribution in [0.4, 0.5) is 0 Å². The van der Waals surface area contributed by atoms with Crippen LogP contribution in [0.15, 0.2) is 30.3 Å². The van der Waals surface area contributed by atoms with E-state index in [9.17, 15) is 3.87 Å². The van der Waals surface area contributed by atoms with Gasteiger partial charge in [0.2, 0.25) is 0 Å². The Hall–Kier alpha value is -0.474. The van der Waals surface area contributed by atoms with E-state index in [0.717, 1.165) is 4.50 Å². The van der Waals surface area contributed by atoms with Crippen molar-refractivity contribution in [2.45, 2.75) is 5.86 Å². The number of hydrogen-bond donors (Lipinski definition) is 0. The van der Waals surface area contributed by atoms with E-state index >= 15 is 0 Å². The Kier molecular flexibility index (Phi) is 2.14. The van der Waals surface area contributed by atoms with Gasteiger partial charge in [0.05, 0.1) is 0 Å². The van der Waals surface area contributed by atoms with Crippen molar-refractivity contribution < 1.29 is 17.5 Å². The molecule has 9 heavy (non-hydrogen) atoms. The summed E-state index contributed by atoms with van der Waals surface area (Å²) >= 11 is -1.13. The van der Waals surface area contributed by atoms with Crippen LogP contribution >= 0.6 is 0 Å². The van der Waals surface area contributed by atoms with E-state index in [2.05, 4.69) is 0 Å². The van der Waals surface area contributed by atoms with E-state index in [0.29, 0.717) is 0 Å². The molecule has 2 heteroatoms. The van der Waals surface area contributed by atoms with Crippen molar-refractivity contribution in [3.05, 3.63) is 30.3 Å². The van der Waals surface area contributed by atoms with Gasteiger partial charge in [0, 0.05) is 0 Å². The Labute approximate surface area is 58.7 Å². The van der Waals surface area contributed by atoms with Crippen molar-refractivity contribution in [3.63, 3.8) is 0 Å². The third kappa shape index (κ3) is 1.73. The summed E-state index contributed by atoms with van der Waals surface area (Å²) in [6.45, 7) is 0. The average Bonchev–Trinajstić information content (AvgIpc) is 1.90. The van der Waals surface area contributed by atoms with Crippen LogP contribution in [0, 0.1) is 0 Å². The summed E-state index contributed by atoms with van der Waals surface area (Å²) in [7, 11) is 0. The summed E-state index contributed by atoms with van der Waals surface area (Å²) in [5, 5.41) is 0. The first-order valence-electron chi connectivity index (χ1n) is 2.55. The molecule has 51 valence electrons. The van der Waals surface area contributed by atoms with Gasteiger partial charge in [0.25, 0.3) is 0 Å². The monoisotopic (exact) mass is 167 g/mol. The topological polar surface area (TPSA) is 17.1 Å². The van der Waals surface area contributed by atoms with E-state index in [1.807, 2.05) is 30.3 Å². The number of hydrogen-bond acceptors (Lipinski definition) is 1. The molecule has 0 aliphatic carbocycles. The van der Waals surface area contributed by atoms with Gasteiger partial charge in [-0.1, -0.05) is 0 Å². The van der Waals surface area contributed by atoms with Gasteiger partial charge in [-0.2, -0.15) is 0 Å². The minimum atomic E-state index is -1.13. The summed E-state index contributed by atoms with van der Waals surface area (Å²) < 4.78 is 11.7. The molecule has 0 saturated carbocycles. The molecular formula is C7H8CoO. The molecule has 0 fully saturated rings. The molecule has 0 N–H and O–H groups in total. The van der Waals surface area contributed by atoms with Crippen LogP contribution in [0.1, 0.15) is 0 Å². The Balaban J connectivity index is 2.98. The molecule has 0 saturated heterocycles. The van der Waals surface area contributed by atoms with E-state index in [1.165, 1.54) is 0 Å². The fraction of sp³-hybridized carbons (Fsp3) is 0.143. The fourth-order valence-corrected chi connectivity index (χ4v) is 1.25. The molecule has 1 nitrogen and oxygen atoms in total. The second kappa shape index (κ2) is 2.89. The zero-order valence-electron chi connectivity index (χ0n) is 5.13. The van der Waals surface area contributed by atoms with Crippen LogP contribution in [0.5, 0.6) is 0 Å². The zero-order chi connectivity index (χ0) is 6.69. The molecule has 0 heterocycles. The van der Waals surface area contributed by atoms with Crippen molar-refractivity contribution >= 4 is 4.50 Å². The van der Waals surface area contributed by atoms with E-state index in [1.54, 1.807) is 5.86 Å². The first-order chi connectivity index (χ1) is 4.30. The number of benzene rings is 1. The van der Waals surface area contributed by atoms with Crippen LogP contribution in [-0.2, 0) is 17.5 Å². The van der Waals surface area contributed by atoms with Gasteiger partial charge >= 0.3 is 58.1 Å². The molecule has 1 rings (SSSR count). The van der Waals surface area contributed by atoms with Gasteiger partial charge in [-0.15, -0.1) is 0 Å². The van der Waals surface area contributed by atoms with Crippen LogP contribution < -0.4 is 4.50 Å². The molecule has 0 aromatic heterocycles. The number of rotatable bonds is 1. The predicted molar refractivity (Wildman–Crippen MR) is 32.6 cm³/mol. The van der Waals surface area contributed by atoms with Gasteiger partial charge < -0.3 is 0 Å². The summed E-state index contributed by atoms with van der Waals surface area (Å²) in [4.78, 5) is 0. The van der Waals surface area contributed by atoms with E-state index in [4.69, 9.17) is 0 Å². The minimum absolute atomic E-state index is 0.921. The summed E-state index contributed by atoms with van der Waals surface area (Å²) in [5.41, 5.74) is 0. The van der Waals surface area contributed by atoms with Crippen molar-refractivity contribution in [3.8, 4) is 0 Å². The summed E-state index contributed by atoms with van der Waals surface area (Å²) in [6.07, 6.45) is 0. The van der Waals surface area contributed by atoms with Crippen molar-refractivity contribution in [2.75, 3.05) is 0 Å². The third-order valence-electron chi connectivity index (χ3n) is 0.989. The van der Waals surface area contributed by atoms with Crippen molar-refractivity contribution in [2.24, 2.45) is 0 Å². The Bertz CT molecular complexity index is 205. The van der Waals surface area contributed by atoms with E-state index < -0.39 is 13.6 Å². The second-order valence-electron chi connectivity index (χ2n) is 1.64. The van der Waals surface area contributed by atoms with Crippen molar-refractivity contribution in [1.29, 1.82) is 0 Å². The molecule has 1 aromatic rings. The van der Waals surface area contributed by atoms with Crippen LogP contribution in [0.2, 0.25) is 5.86 Å². The van der Waals surface area contributed by atoms with Gasteiger partial charge in [-0.25, -0.2) is 0 Å². The fourth-order valence-electron chi connectivity index (χ4n) is 0.563. The van der Waals surface area contributed by atoms with Gasteiger partial charge in [0.1, 0.15) is 0 Å². The third-order valence-corrected chi connectivity index (χ3v) is 2.18. The Morgan fingerprint density at radius 1 is 1.22 bits per heavy atom. The van der Waals surface area contributed by atoms with Gasteiger partial charge in [0.15, 0.2) is 0 Å². The SMILES string of the molecule is [CH3][Co](=[O])[c]1ccccc1. The Morgan fingerprint density at radius 2 is 1.78 bits per heavy atom. The standard InChI is InChI=1S/C6H5.CH3.Co.O/c1-2-4-6-5-3-1;;;/h1-5H;1H3;;. The molecule has 0 amide bonds. The zero-order valence-corrected chi connectivity index (χ0v) is 6.17. The Morgan fingerprint density at radius 3 is 2.11 bits per heavy atom. The molecule has 1 aromatic carbocycles. The van der Waals surface area contributed by atoms with Crippen LogP contribution in [0.3, 0.4) is 0 Å². The first-order valence-corrected chi connectivity index (χ1v) is 4.53. The molecule has 0 bridgehead atoms. The first kappa shape index (κ1) is 6.64. The quantitative estimate of drug-likeness (QED) is 0.616. The second-order valence-corrected chi connectivity index (χ2v) is 3.40. The predicted octanol–water partition coefficient (Wildman–Crippen LogP) is 1.32. The molecule has 0 radical (unpaired) electrons. The van der Waals surface area contributed by atoms with Crippen molar-refractivity contribution in [1.82, 2.24) is 0 Å². The molecule has 0 aliphatic rings. The summed E-state index contributed by atoms with van der Waals surface area (Å²) in [6, 6.07) is 9.45. The maximum atomic E-state index is 10.8. The molecule has 0 spiro atoms. The normalized spacial score (nSPS) is 11.0. The molecule has 0 atom stereocenters. The van der Waals surface area contributed by atoms with Crippen LogP contribution in [-0.4, -0.2) is 0 Å². The maximum absolute atomic E-state index is 10.8. The van der Waals surface area contributed by atoms with Gasteiger partial charge in [-0.3, -0.25) is 0 Å². The summed E-state index contributed by atoms with van der Waals surface area (Å²) in [5.74, 6) is 1.71. The van der Waals surface area contributed by atoms with E-state index in [-0.39, 0.29) is 0 Å². The molecule has 0 aliphatic heterocycles. The molecule has 0 unspecified atom stereocenters. The molecular weight excluding hydrogens is 159 g/mol. The van der Waals surface area contributed by atoms with Gasteiger partial charge in [-0.05, 0) is 0 Å².